The van der Waals surface area contributed by atoms with Crippen LogP contribution in [0.15, 0.2) is 29.1 Å². The van der Waals surface area contributed by atoms with Crippen molar-refractivity contribution in [2.45, 2.75) is 25.3 Å². The standard InChI is InChI=1S/C17H21N3O3/c21-16(12-7-10-23-11-12)19-8-5-13(6-9-19)20-15-4-2-1-3-14(15)18-17(20)22/h1-4,12-13H,5-11H2,(H,18,22). The van der Waals surface area contributed by atoms with Gasteiger partial charge in [-0.2, -0.15) is 0 Å². The molecule has 3 heterocycles. The largest absolute Gasteiger partial charge is 0.381 e. The maximum atomic E-state index is 12.4. The van der Waals surface area contributed by atoms with E-state index < -0.39 is 0 Å². The Morgan fingerprint density at radius 2 is 1.96 bits per heavy atom. The summed E-state index contributed by atoms with van der Waals surface area (Å²) < 4.78 is 7.17. The van der Waals surface area contributed by atoms with Crippen LogP contribution in [0.25, 0.3) is 11.0 Å². The second-order valence-electron chi connectivity index (χ2n) is 6.43. The minimum atomic E-state index is -0.0554. The van der Waals surface area contributed by atoms with Crippen LogP contribution in [0.3, 0.4) is 0 Å². The number of carbonyl (C=O) groups is 1. The molecule has 1 atom stereocenters. The van der Waals surface area contributed by atoms with Crippen molar-refractivity contribution in [1.82, 2.24) is 14.5 Å². The molecule has 1 unspecified atom stereocenters. The molecule has 2 fully saturated rings. The molecule has 0 aliphatic carbocycles. The number of fused-ring (bicyclic) bond motifs is 1. The maximum absolute atomic E-state index is 12.4. The van der Waals surface area contributed by atoms with Gasteiger partial charge in [-0.3, -0.25) is 9.36 Å². The molecule has 23 heavy (non-hydrogen) atoms. The van der Waals surface area contributed by atoms with Gasteiger partial charge in [-0.05, 0) is 31.4 Å². The van der Waals surface area contributed by atoms with Crippen molar-refractivity contribution in [3.8, 4) is 0 Å². The Labute approximate surface area is 134 Å². The summed E-state index contributed by atoms with van der Waals surface area (Å²) in [6.07, 6.45) is 2.48. The number of nitrogens with one attached hydrogen (secondary N) is 1. The first-order valence-electron chi connectivity index (χ1n) is 8.30. The fourth-order valence-electron chi connectivity index (χ4n) is 3.77. The number of imidazole rings is 1. The van der Waals surface area contributed by atoms with Crippen LogP contribution < -0.4 is 5.69 Å². The van der Waals surface area contributed by atoms with Crippen molar-refractivity contribution in [2.24, 2.45) is 5.92 Å². The number of hydrogen-bond donors (Lipinski definition) is 1. The van der Waals surface area contributed by atoms with Gasteiger partial charge in [0, 0.05) is 25.7 Å². The normalized spacial score (nSPS) is 22.8. The number of carbonyl (C=O) groups excluding carboxylic acids is 1. The zero-order chi connectivity index (χ0) is 15.8. The number of ether oxygens (including phenoxy) is 1. The highest BCUT2D eigenvalue weighted by molar-refractivity contribution is 5.79. The zero-order valence-corrected chi connectivity index (χ0v) is 13.0. The monoisotopic (exact) mass is 315 g/mol. The Morgan fingerprint density at radius 1 is 1.17 bits per heavy atom. The highest BCUT2D eigenvalue weighted by atomic mass is 16.5. The van der Waals surface area contributed by atoms with Crippen LogP contribution in [0.4, 0.5) is 0 Å². The number of likely N-dealkylation sites (tertiary alicyclic amines) is 1. The van der Waals surface area contributed by atoms with Gasteiger partial charge in [-0.15, -0.1) is 0 Å². The summed E-state index contributed by atoms with van der Waals surface area (Å²) in [5, 5.41) is 0. The summed E-state index contributed by atoms with van der Waals surface area (Å²) in [6.45, 7) is 2.68. The van der Waals surface area contributed by atoms with E-state index in [1.165, 1.54) is 0 Å². The highest BCUT2D eigenvalue weighted by Crippen LogP contribution is 2.26. The molecular weight excluding hydrogens is 294 g/mol. The summed E-state index contributed by atoms with van der Waals surface area (Å²) in [5.74, 6) is 0.245. The predicted octanol–water partition coefficient (Wildman–Crippen LogP) is 1.53. The Morgan fingerprint density at radius 3 is 2.70 bits per heavy atom. The van der Waals surface area contributed by atoms with E-state index in [0.717, 1.165) is 30.3 Å². The molecule has 2 aliphatic heterocycles. The van der Waals surface area contributed by atoms with Crippen molar-refractivity contribution in [1.29, 1.82) is 0 Å². The van der Waals surface area contributed by atoms with Crippen molar-refractivity contribution < 1.29 is 9.53 Å². The van der Waals surface area contributed by atoms with E-state index in [1.54, 1.807) is 0 Å². The minimum absolute atomic E-state index is 0.0300. The number of nitrogens with zero attached hydrogens (tertiary/aromatic N) is 2. The number of para-hydroxylation sites is 2. The van der Waals surface area contributed by atoms with E-state index in [0.29, 0.717) is 26.3 Å². The van der Waals surface area contributed by atoms with Crippen LogP contribution in [0, 0.1) is 5.92 Å². The lowest BCUT2D eigenvalue weighted by atomic mass is 10.0. The molecule has 2 saturated heterocycles. The van der Waals surface area contributed by atoms with E-state index in [4.69, 9.17) is 4.74 Å². The Hall–Kier alpha value is -2.08. The van der Waals surface area contributed by atoms with E-state index in [2.05, 4.69) is 4.98 Å². The molecular formula is C17H21N3O3. The van der Waals surface area contributed by atoms with Gasteiger partial charge in [0.05, 0.1) is 23.6 Å². The minimum Gasteiger partial charge on any atom is -0.381 e. The van der Waals surface area contributed by atoms with Gasteiger partial charge in [0.1, 0.15) is 0 Å². The number of aromatic amines is 1. The summed E-state index contributed by atoms with van der Waals surface area (Å²) in [6, 6.07) is 7.92. The molecule has 0 saturated carbocycles. The quantitative estimate of drug-likeness (QED) is 0.914. The third-order valence-electron chi connectivity index (χ3n) is 5.04. The lowest BCUT2D eigenvalue weighted by molar-refractivity contribution is -0.136. The molecule has 1 aromatic carbocycles. The molecule has 6 nitrogen and oxygen atoms in total. The SMILES string of the molecule is O=C(C1CCOC1)N1CCC(n2c(=O)[nH]c3ccccc32)CC1. The van der Waals surface area contributed by atoms with Crippen molar-refractivity contribution in [3.63, 3.8) is 0 Å². The van der Waals surface area contributed by atoms with Crippen LogP contribution >= 0.6 is 0 Å². The lowest BCUT2D eigenvalue weighted by Crippen LogP contribution is -2.43. The number of aromatic nitrogens is 2. The summed E-state index contributed by atoms with van der Waals surface area (Å²) >= 11 is 0. The van der Waals surface area contributed by atoms with Crippen molar-refractivity contribution in [3.05, 3.63) is 34.7 Å². The lowest BCUT2D eigenvalue weighted by Gasteiger charge is -2.33. The van der Waals surface area contributed by atoms with Crippen LogP contribution in [-0.4, -0.2) is 46.7 Å². The maximum Gasteiger partial charge on any atom is 0.326 e. The Kier molecular flexibility index (Phi) is 3.69. The molecule has 6 heteroatoms. The average molecular weight is 315 g/mol. The van der Waals surface area contributed by atoms with Gasteiger partial charge in [0.2, 0.25) is 5.91 Å². The van der Waals surface area contributed by atoms with Gasteiger partial charge in [-0.1, -0.05) is 12.1 Å². The number of benzene rings is 1. The van der Waals surface area contributed by atoms with Crippen molar-refractivity contribution in [2.75, 3.05) is 26.3 Å². The number of piperidine rings is 1. The average Bonchev–Trinajstić information content (AvgIpc) is 3.21. The summed E-state index contributed by atoms with van der Waals surface area (Å²) in [7, 11) is 0. The second-order valence-corrected chi connectivity index (χ2v) is 6.43. The molecule has 2 aliphatic rings. The molecule has 0 spiro atoms. The van der Waals surface area contributed by atoms with Crippen LogP contribution in [0.2, 0.25) is 0 Å². The Balaban J connectivity index is 1.49. The Bertz CT molecular complexity index is 765. The fourth-order valence-corrected chi connectivity index (χ4v) is 3.77. The topological polar surface area (TPSA) is 67.3 Å². The van der Waals surface area contributed by atoms with E-state index in [1.807, 2.05) is 33.7 Å². The summed E-state index contributed by atoms with van der Waals surface area (Å²) in [5.41, 5.74) is 1.77. The van der Waals surface area contributed by atoms with Crippen LogP contribution in [-0.2, 0) is 9.53 Å². The number of hydrogen-bond acceptors (Lipinski definition) is 3. The molecule has 0 radical (unpaired) electrons. The van der Waals surface area contributed by atoms with Gasteiger partial charge < -0.3 is 14.6 Å². The molecule has 4 rings (SSSR count). The molecule has 0 bridgehead atoms. The van der Waals surface area contributed by atoms with Crippen molar-refractivity contribution >= 4 is 16.9 Å². The zero-order valence-electron chi connectivity index (χ0n) is 13.0. The molecule has 2 aromatic rings. The number of amides is 1. The third kappa shape index (κ3) is 2.57. The molecule has 122 valence electrons. The fraction of sp³-hybridized carbons (Fsp3) is 0.529. The smallest absolute Gasteiger partial charge is 0.326 e. The van der Waals surface area contributed by atoms with Gasteiger partial charge in [0.15, 0.2) is 0 Å². The van der Waals surface area contributed by atoms with E-state index in [-0.39, 0.29) is 23.6 Å². The number of H-pyrrole nitrogens is 1. The molecule has 1 amide bonds. The van der Waals surface area contributed by atoms with Crippen LogP contribution in [0.5, 0.6) is 0 Å². The third-order valence-corrected chi connectivity index (χ3v) is 5.04. The first-order valence-corrected chi connectivity index (χ1v) is 8.30. The highest BCUT2D eigenvalue weighted by Gasteiger charge is 2.31. The van der Waals surface area contributed by atoms with E-state index >= 15 is 0 Å². The van der Waals surface area contributed by atoms with Gasteiger partial charge in [0.25, 0.3) is 0 Å². The van der Waals surface area contributed by atoms with Gasteiger partial charge >= 0.3 is 5.69 Å². The first kappa shape index (κ1) is 14.5. The molecule has 1 aromatic heterocycles. The van der Waals surface area contributed by atoms with Gasteiger partial charge in [-0.25, -0.2) is 4.79 Å². The molecule has 1 N–H and O–H groups in total. The van der Waals surface area contributed by atoms with E-state index in [9.17, 15) is 9.59 Å². The van der Waals surface area contributed by atoms with Crippen LogP contribution in [0.1, 0.15) is 25.3 Å². The number of rotatable bonds is 2. The summed E-state index contributed by atoms with van der Waals surface area (Å²) in [4.78, 5) is 29.6. The first-order chi connectivity index (χ1) is 11.2. The predicted molar refractivity (Wildman–Crippen MR) is 86.3 cm³/mol. The second kappa shape index (κ2) is 5.85.